The van der Waals surface area contributed by atoms with Gasteiger partial charge < -0.3 is 4.74 Å². The van der Waals surface area contributed by atoms with Crippen molar-refractivity contribution < 1.29 is 4.74 Å². The first-order valence-electron chi connectivity index (χ1n) is 2.88. The Morgan fingerprint density at radius 2 is 2.78 bits per heavy atom. The minimum atomic E-state index is 0.719. The van der Waals surface area contributed by atoms with E-state index in [1.807, 2.05) is 0 Å². The summed E-state index contributed by atoms with van der Waals surface area (Å²) in [5.74, 6) is 0. The number of aromatic nitrogens is 1. The minimum Gasteiger partial charge on any atom is -0.470 e. The van der Waals surface area contributed by atoms with Gasteiger partial charge in [0.1, 0.15) is 6.20 Å². The molecule has 0 N–H and O–H groups in total. The fourth-order valence-corrected chi connectivity index (χ4v) is 0.901. The van der Waals surface area contributed by atoms with Crippen LogP contribution in [0.4, 0.5) is 0 Å². The number of ether oxygens (including phenoxy) is 1. The highest BCUT2D eigenvalue weighted by Gasteiger charge is 1.91. The van der Waals surface area contributed by atoms with Crippen LogP contribution in [0.1, 0.15) is 13.3 Å². The van der Waals surface area contributed by atoms with E-state index in [1.54, 1.807) is 5.38 Å². The summed E-state index contributed by atoms with van der Waals surface area (Å²) in [7, 11) is 0. The third-order valence-corrected chi connectivity index (χ3v) is 1.43. The third kappa shape index (κ3) is 2.01. The van der Waals surface area contributed by atoms with E-state index in [2.05, 4.69) is 18.1 Å². The van der Waals surface area contributed by atoms with Gasteiger partial charge in [0.2, 0.25) is 0 Å². The normalized spacial score (nSPS) is 9.44. The molecule has 1 rings (SSSR count). The second-order valence-corrected chi connectivity index (χ2v) is 2.41. The molecular weight excluding hydrogens is 134 g/mol. The lowest BCUT2D eigenvalue weighted by Crippen LogP contribution is -1.93. The van der Waals surface area contributed by atoms with E-state index in [0.29, 0.717) is 0 Å². The maximum Gasteiger partial charge on any atom is 0.273 e. The van der Waals surface area contributed by atoms with Crippen LogP contribution in [0.3, 0.4) is 0 Å². The van der Waals surface area contributed by atoms with Crippen LogP contribution in [0.25, 0.3) is 0 Å². The van der Waals surface area contributed by atoms with Gasteiger partial charge in [-0.1, -0.05) is 18.3 Å². The fourth-order valence-electron chi connectivity index (χ4n) is 0.438. The molecule has 0 spiro atoms. The van der Waals surface area contributed by atoms with Crippen molar-refractivity contribution in [1.82, 2.24) is 4.98 Å². The Balaban J connectivity index is 2.30. The van der Waals surface area contributed by atoms with Gasteiger partial charge in [-0.05, 0) is 6.42 Å². The molecule has 0 aromatic carbocycles. The maximum absolute atomic E-state index is 5.17. The Labute approximate surface area is 58.5 Å². The lowest BCUT2D eigenvalue weighted by atomic mass is 10.5. The van der Waals surface area contributed by atoms with Crippen molar-refractivity contribution in [2.24, 2.45) is 0 Å². The van der Waals surface area contributed by atoms with Crippen molar-refractivity contribution in [3.63, 3.8) is 0 Å². The summed E-state index contributed by atoms with van der Waals surface area (Å²) < 4.78 is 5.17. The van der Waals surface area contributed by atoms with Gasteiger partial charge in [-0.25, -0.2) is 4.98 Å². The molecule has 0 bridgehead atoms. The molecule has 1 aromatic rings. The number of thiazole rings is 1. The molecule has 0 unspecified atom stereocenters. The Morgan fingerprint density at radius 1 is 1.89 bits per heavy atom. The lowest BCUT2D eigenvalue weighted by Gasteiger charge is -1.95. The fraction of sp³-hybridized carbons (Fsp3) is 0.500. The number of hydrogen-bond acceptors (Lipinski definition) is 3. The summed E-state index contributed by atoms with van der Waals surface area (Å²) in [6.07, 6.45) is 3.71. The Hall–Kier alpha value is -0.570. The quantitative estimate of drug-likeness (QED) is 0.641. The molecule has 1 heterocycles. The first-order chi connectivity index (χ1) is 4.43. The number of rotatable bonds is 3. The van der Waals surface area contributed by atoms with E-state index in [1.165, 1.54) is 11.3 Å². The molecule has 49 valence electrons. The topological polar surface area (TPSA) is 22.1 Å². The highest BCUT2D eigenvalue weighted by molar-refractivity contribution is 7.11. The van der Waals surface area contributed by atoms with Gasteiger partial charge in [-0.2, -0.15) is 0 Å². The van der Waals surface area contributed by atoms with Crippen LogP contribution in [0.2, 0.25) is 0 Å². The molecule has 2 nitrogen and oxygen atoms in total. The number of nitrogens with zero attached hydrogens (tertiary/aromatic N) is 1. The van der Waals surface area contributed by atoms with Crippen molar-refractivity contribution >= 4 is 11.3 Å². The Kier molecular flexibility index (Phi) is 2.51. The van der Waals surface area contributed by atoms with Crippen LogP contribution < -0.4 is 4.74 Å². The first-order valence-corrected chi connectivity index (χ1v) is 3.76. The maximum atomic E-state index is 5.17. The van der Waals surface area contributed by atoms with Gasteiger partial charge in [-0.15, -0.1) is 0 Å². The zero-order valence-corrected chi connectivity index (χ0v) is 6.07. The van der Waals surface area contributed by atoms with Crippen LogP contribution in [-0.2, 0) is 0 Å². The van der Waals surface area contributed by atoms with Crippen molar-refractivity contribution in [2.45, 2.75) is 13.3 Å². The molecule has 0 aliphatic carbocycles. The Morgan fingerprint density at radius 3 is 3.33 bits per heavy atom. The second kappa shape index (κ2) is 3.45. The van der Waals surface area contributed by atoms with Crippen molar-refractivity contribution in [2.75, 3.05) is 6.61 Å². The largest absolute Gasteiger partial charge is 0.470 e. The summed E-state index contributed by atoms with van der Waals surface area (Å²) in [6, 6.07) is 0. The smallest absolute Gasteiger partial charge is 0.273 e. The van der Waals surface area contributed by atoms with Crippen LogP contribution in [-0.4, -0.2) is 11.6 Å². The van der Waals surface area contributed by atoms with Crippen molar-refractivity contribution in [3.05, 3.63) is 11.6 Å². The monoisotopic (exact) mass is 142 g/mol. The molecule has 1 aromatic heterocycles. The van der Waals surface area contributed by atoms with Gasteiger partial charge in [0.15, 0.2) is 0 Å². The van der Waals surface area contributed by atoms with E-state index < -0.39 is 0 Å². The highest BCUT2D eigenvalue weighted by Crippen LogP contribution is 2.12. The minimum absolute atomic E-state index is 0.719. The average molecular weight is 142 g/mol. The Bertz CT molecular complexity index is 150. The molecule has 1 radical (unpaired) electrons. The van der Waals surface area contributed by atoms with E-state index >= 15 is 0 Å². The van der Waals surface area contributed by atoms with Gasteiger partial charge >= 0.3 is 0 Å². The van der Waals surface area contributed by atoms with Gasteiger partial charge in [0.05, 0.1) is 6.61 Å². The molecule has 0 fully saturated rings. The molecule has 0 atom stereocenters. The number of hydrogen-bond donors (Lipinski definition) is 0. The predicted molar refractivity (Wildman–Crippen MR) is 36.7 cm³/mol. The zero-order valence-electron chi connectivity index (χ0n) is 5.26. The van der Waals surface area contributed by atoms with Crippen LogP contribution in [0, 0.1) is 6.20 Å². The van der Waals surface area contributed by atoms with Crippen molar-refractivity contribution in [1.29, 1.82) is 0 Å². The summed E-state index contributed by atoms with van der Waals surface area (Å²) in [6.45, 7) is 2.82. The molecule has 0 aliphatic heterocycles. The van der Waals surface area contributed by atoms with E-state index in [-0.39, 0.29) is 0 Å². The van der Waals surface area contributed by atoms with Gasteiger partial charge in [0, 0.05) is 5.38 Å². The van der Waals surface area contributed by atoms with E-state index in [9.17, 15) is 0 Å². The molecular formula is C6H8NOS. The second-order valence-electron chi connectivity index (χ2n) is 1.59. The third-order valence-electron chi connectivity index (χ3n) is 0.798. The van der Waals surface area contributed by atoms with Crippen LogP contribution in [0.15, 0.2) is 5.38 Å². The van der Waals surface area contributed by atoms with Crippen LogP contribution >= 0.6 is 11.3 Å². The zero-order chi connectivity index (χ0) is 6.53. The summed E-state index contributed by atoms with van der Waals surface area (Å²) in [5, 5.41) is 2.50. The lowest BCUT2D eigenvalue weighted by molar-refractivity contribution is 0.315. The predicted octanol–water partition coefficient (Wildman–Crippen LogP) is 1.73. The summed E-state index contributed by atoms with van der Waals surface area (Å²) in [5.41, 5.74) is 0. The molecule has 0 amide bonds. The van der Waals surface area contributed by atoms with Crippen LogP contribution in [0.5, 0.6) is 5.19 Å². The van der Waals surface area contributed by atoms with Gasteiger partial charge in [0.25, 0.3) is 5.19 Å². The summed E-state index contributed by atoms with van der Waals surface area (Å²) >= 11 is 1.47. The molecule has 0 aliphatic rings. The SMILES string of the molecule is CCCOc1n[c]cs1. The van der Waals surface area contributed by atoms with E-state index in [0.717, 1.165) is 18.2 Å². The molecule has 0 saturated heterocycles. The van der Waals surface area contributed by atoms with Gasteiger partial charge in [-0.3, -0.25) is 0 Å². The standard InChI is InChI=1S/C6H8NOS/c1-2-4-8-6-7-3-5-9-6/h5H,2,4H2,1H3. The molecule has 3 heteroatoms. The summed E-state index contributed by atoms with van der Waals surface area (Å²) in [4.78, 5) is 3.83. The van der Waals surface area contributed by atoms with E-state index in [4.69, 9.17) is 4.74 Å². The molecule has 9 heavy (non-hydrogen) atoms. The van der Waals surface area contributed by atoms with Crippen molar-refractivity contribution in [3.8, 4) is 5.19 Å². The highest BCUT2D eigenvalue weighted by atomic mass is 32.1. The average Bonchev–Trinajstić information content (AvgIpc) is 2.34. The first kappa shape index (κ1) is 6.55. The molecule has 0 saturated carbocycles.